The Morgan fingerprint density at radius 3 is 1.98 bits per heavy atom. The highest BCUT2D eigenvalue weighted by molar-refractivity contribution is 7.26. The second-order valence-corrected chi connectivity index (χ2v) is 16.1. The van der Waals surface area contributed by atoms with Crippen LogP contribution >= 0.6 is 22.7 Å². The molecule has 0 saturated carbocycles. The summed E-state index contributed by atoms with van der Waals surface area (Å²) >= 11 is 3.80. The van der Waals surface area contributed by atoms with Crippen molar-refractivity contribution in [3.63, 3.8) is 0 Å². The Kier molecular flexibility index (Phi) is 6.21. The lowest BCUT2D eigenvalue weighted by molar-refractivity contribution is 1.21. The van der Waals surface area contributed by atoms with Crippen LogP contribution in [0.4, 0.5) is 11.4 Å². The van der Waals surface area contributed by atoms with Gasteiger partial charge >= 0.3 is 0 Å². The maximum Gasteiger partial charge on any atom is 0.197 e. The first-order valence-corrected chi connectivity index (χ1v) is 19.6. The lowest BCUT2D eigenvalue weighted by Crippen LogP contribution is -2.37. The van der Waals surface area contributed by atoms with Gasteiger partial charge in [-0.2, -0.15) is 0 Å². The summed E-state index contributed by atoms with van der Waals surface area (Å²) in [6.45, 7) is 0. The van der Waals surface area contributed by atoms with E-state index in [4.69, 9.17) is 0 Å². The summed E-state index contributed by atoms with van der Waals surface area (Å²) in [6, 6.07) is 60.0. The van der Waals surface area contributed by atoms with Crippen LogP contribution < -0.4 is 16.2 Å². The molecule has 0 aliphatic carbocycles. The third kappa shape index (κ3) is 4.32. The molecule has 0 saturated heterocycles. The SMILES string of the molecule is [B]1c2c(cc3sc4ccccc4c3c2-c2cc3ccccc3cc2Nc2ccc(-c3ccccc3)cc2)-n2c3sc4ccccc4c3c3cccc1c32. The molecule has 11 aromatic rings. The summed E-state index contributed by atoms with van der Waals surface area (Å²) in [7, 11) is 2.46. The van der Waals surface area contributed by atoms with Gasteiger partial charge in [-0.3, -0.25) is 0 Å². The van der Waals surface area contributed by atoms with E-state index in [1.54, 1.807) is 0 Å². The van der Waals surface area contributed by atoms with Gasteiger partial charge in [0.2, 0.25) is 0 Å². The lowest BCUT2D eigenvalue weighted by atomic mass is 9.58. The van der Waals surface area contributed by atoms with Gasteiger partial charge < -0.3 is 9.88 Å². The van der Waals surface area contributed by atoms with Gasteiger partial charge in [-0.25, -0.2) is 0 Å². The molecule has 0 unspecified atom stereocenters. The van der Waals surface area contributed by atoms with Gasteiger partial charge in [0, 0.05) is 69.2 Å². The Morgan fingerprint density at radius 1 is 0.509 bits per heavy atom. The van der Waals surface area contributed by atoms with E-state index in [-0.39, 0.29) is 0 Å². The average molecular weight is 708 g/mol. The first-order chi connectivity index (χ1) is 26.3. The third-order valence-electron chi connectivity index (χ3n) is 11.0. The highest BCUT2D eigenvalue weighted by Crippen LogP contribution is 2.47. The largest absolute Gasteiger partial charge is 0.355 e. The van der Waals surface area contributed by atoms with E-state index in [0.717, 1.165) is 11.4 Å². The number of hydrogen-bond donors (Lipinski definition) is 1. The summed E-state index contributed by atoms with van der Waals surface area (Å²) in [5.74, 6) is 0. The van der Waals surface area contributed by atoms with E-state index in [2.05, 4.69) is 181 Å². The number of nitrogens with one attached hydrogen (secondary N) is 1. The maximum atomic E-state index is 3.92. The van der Waals surface area contributed by atoms with Crippen LogP contribution in [0.15, 0.2) is 164 Å². The number of fused-ring (bicyclic) bond motifs is 11. The summed E-state index contributed by atoms with van der Waals surface area (Å²) in [5, 5.41) is 13.0. The fourth-order valence-corrected chi connectivity index (χ4v) is 11.0. The number of benzene rings is 8. The molecule has 2 nitrogen and oxygen atoms in total. The number of aromatic nitrogens is 1. The van der Waals surface area contributed by atoms with Crippen LogP contribution in [0.5, 0.6) is 0 Å². The fraction of sp³-hybridized carbons (Fsp3) is 0. The highest BCUT2D eigenvalue weighted by Gasteiger charge is 2.30. The molecule has 1 aliphatic heterocycles. The Bertz CT molecular complexity index is 3280. The number of hydrogen-bond acceptors (Lipinski definition) is 3. The number of nitrogens with zero attached hydrogens (tertiary/aromatic N) is 1. The minimum Gasteiger partial charge on any atom is -0.355 e. The molecule has 0 spiro atoms. The zero-order valence-electron chi connectivity index (χ0n) is 28.4. The molecule has 12 rings (SSSR count). The van der Waals surface area contributed by atoms with Crippen LogP contribution in [0.2, 0.25) is 0 Å². The molecular formula is C48H28BN2S2. The quantitative estimate of drug-likeness (QED) is 0.180. The lowest BCUT2D eigenvalue weighted by Gasteiger charge is -2.25. The van der Waals surface area contributed by atoms with Crippen molar-refractivity contribution in [1.29, 1.82) is 0 Å². The molecule has 0 bridgehead atoms. The van der Waals surface area contributed by atoms with Crippen LogP contribution in [0.3, 0.4) is 0 Å². The Balaban J connectivity index is 1.17. The van der Waals surface area contributed by atoms with Gasteiger partial charge in [0.1, 0.15) is 4.83 Å². The number of thiophene rings is 2. The smallest absolute Gasteiger partial charge is 0.197 e. The minimum atomic E-state index is 1.06. The first-order valence-electron chi connectivity index (χ1n) is 18.0. The summed E-state index contributed by atoms with van der Waals surface area (Å²) in [5.41, 5.74) is 12.1. The van der Waals surface area contributed by atoms with Crippen LogP contribution in [-0.2, 0) is 0 Å². The van der Waals surface area contributed by atoms with Crippen molar-refractivity contribution in [2.24, 2.45) is 0 Å². The Hall–Kier alpha value is -6.14. The van der Waals surface area contributed by atoms with Gasteiger partial charge in [0.15, 0.2) is 7.28 Å². The zero-order chi connectivity index (χ0) is 34.6. The topological polar surface area (TPSA) is 17.0 Å². The van der Waals surface area contributed by atoms with Crippen molar-refractivity contribution < 1.29 is 0 Å². The van der Waals surface area contributed by atoms with Crippen LogP contribution in [0.25, 0.3) is 90.1 Å². The fourth-order valence-electron chi connectivity index (χ4n) is 8.65. The monoisotopic (exact) mass is 707 g/mol. The normalized spacial score (nSPS) is 12.3. The van der Waals surface area contributed by atoms with E-state index in [0.29, 0.717) is 0 Å². The molecule has 3 aromatic heterocycles. The van der Waals surface area contributed by atoms with Gasteiger partial charge in [-0.1, -0.05) is 127 Å². The van der Waals surface area contributed by atoms with E-state index in [1.807, 2.05) is 22.7 Å². The summed E-state index contributed by atoms with van der Waals surface area (Å²) in [6.07, 6.45) is 0. The molecule has 53 heavy (non-hydrogen) atoms. The van der Waals surface area contributed by atoms with E-state index in [9.17, 15) is 0 Å². The summed E-state index contributed by atoms with van der Waals surface area (Å²) < 4.78 is 6.51. The van der Waals surface area contributed by atoms with Crippen molar-refractivity contribution in [1.82, 2.24) is 4.57 Å². The van der Waals surface area contributed by atoms with Crippen LogP contribution in [-0.4, -0.2) is 11.8 Å². The van der Waals surface area contributed by atoms with Gasteiger partial charge in [0.25, 0.3) is 0 Å². The van der Waals surface area contributed by atoms with E-state index < -0.39 is 0 Å². The molecule has 5 heteroatoms. The van der Waals surface area contributed by atoms with Gasteiger partial charge in [0.05, 0.1) is 0 Å². The molecule has 0 amide bonds. The van der Waals surface area contributed by atoms with Crippen molar-refractivity contribution in [3.8, 4) is 27.9 Å². The average Bonchev–Trinajstić information content (AvgIpc) is 3.88. The minimum absolute atomic E-state index is 1.06. The Labute approximate surface area is 314 Å². The van der Waals surface area contributed by atoms with Gasteiger partial charge in [-0.15, -0.1) is 22.7 Å². The third-order valence-corrected chi connectivity index (χ3v) is 13.3. The zero-order valence-corrected chi connectivity index (χ0v) is 30.1. The molecule has 0 fully saturated rings. The number of rotatable bonds is 4. The van der Waals surface area contributed by atoms with Crippen LogP contribution in [0.1, 0.15) is 0 Å². The second kappa shape index (κ2) is 11.2. The standard InChI is InChI=1S/C48H28BN2S2/c1-2-11-28(12-3-1)29-21-23-32(24-22-29)50-38-26-31-14-5-4-13-30(31)25-36(38)45-44-34-16-7-8-19-40(34)52-42(44)27-39-46(45)49-37-18-10-17-35-43-33-15-6-9-20-41(33)53-48(43)51(39)47(35)37/h1-27,50H. The Morgan fingerprint density at radius 2 is 1.17 bits per heavy atom. The van der Waals surface area contributed by atoms with E-state index in [1.165, 1.54) is 101 Å². The van der Waals surface area contributed by atoms with Crippen molar-refractivity contribution in [3.05, 3.63) is 164 Å². The molecule has 1 aliphatic rings. The predicted molar refractivity (Wildman–Crippen MR) is 232 cm³/mol. The molecular weight excluding hydrogens is 679 g/mol. The highest BCUT2D eigenvalue weighted by atomic mass is 32.1. The molecule has 245 valence electrons. The van der Waals surface area contributed by atoms with E-state index >= 15 is 0 Å². The van der Waals surface area contributed by atoms with Crippen molar-refractivity contribution in [2.75, 3.05) is 5.32 Å². The maximum absolute atomic E-state index is 3.92. The second-order valence-electron chi connectivity index (χ2n) is 14.0. The summed E-state index contributed by atoms with van der Waals surface area (Å²) in [4.78, 5) is 1.31. The predicted octanol–water partition coefficient (Wildman–Crippen LogP) is 12.6. The molecule has 8 aromatic carbocycles. The first kappa shape index (κ1) is 29.4. The number of anilines is 2. The molecule has 0 atom stereocenters. The molecule has 1 radical (unpaired) electrons. The van der Waals surface area contributed by atoms with Crippen molar-refractivity contribution in [2.45, 2.75) is 0 Å². The number of para-hydroxylation sites is 1. The molecule has 4 heterocycles. The van der Waals surface area contributed by atoms with Gasteiger partial charge in [-0.05, 0) is 75.4 Å². The molecule has 1 N–H and O–H groups in total. The van der Waals surface area contributed by atoms with Crippen molar-refractivity contribution >= 4 is 114 Å². The van der Waals surface area contributed by atoms with Crippen LogP contribution in [0, 0.1) is 0 Å².